The van der Waals surface area contributed by atoms with E-state index in [1.54, 1.807) is 22.5 Å². The van der Waals surface area contributed by atoms with Gasteiger partial charge in [0.05, 0.1) is 17.1 Å². The van der Waals surface area contributed by atoms with E-state index in [4.69, 9.17) is 0 Å². The number of hydrogen-bond acceptors (Lipinski definition) is 4. The minimum absolute atomic E-state index is 0.0757. The Hall–Kier alpha value is -1.97. The van der Waals surface area contributed by atoms with Crippen LogP contribution in [0.1, 0.15) is 25.7 Å². The summed E-state index contributed by atoms with van der Waals surface area (Å²) in [6.07, 6.45) is 3.88. The number of sulfonamides is 1. The van der Waals surface area contributed by atoms with Gasteiger partial charge >= 0.3 is 0 Å². The molecule has 0 radical (unpaired) electrons. The molecule has 0 aliphatic carbocycles. The lowest BCUT2D eigenvalue weighted by atomic mass is 10.2. The molecule has 2 aromatic rings. The number of hydrogen-bond donors (Lipinski definition) is 2. The quantitative estimate of drug-likeness (QED) is 0.644. The number of amides is 1. The van der Waals surface area contributed by atoms with Crippen LogP contribution in [0.15, 0.2) is 51.8 Å². The Morgan fingerprint density at radius 1 is 1.03 bits per heavy atom. The lowest BCUT2D eigenvalue weighted by molar-refractivity contribution is -0.114. The summed E-state index contributed by atoms with van der Waals surface area (Å²) in [5.41, 5.74) is 0.699. The molecule has 0 atom stereocenters. The van der Waals surface area contributed by atoms with Crippen LogP contribution in [-0.2, 0) is 14.8 Å². The van der Waals surface area contributed by atoms with E-state index in [0.29, 0.717) is 23.2 Å². The van der Waals surface area contributed by atoms with Crippen molar-refractivity contribution >= 4 is 43.2 Å². The number of halogens is 2. The van der Waals surface area contributed by atoms with E-state index < -0.39 is 21.7 Å². The first kappa shape index (κ1) is 21.7. The SMILES string of the molecule is O=C(CNc1ccc(S(=O)(=O)N2CCCCCC2)cc1)Nc1ccc(Br)cc1F. The van der Waals surface area contributed by atoms with Crippen molar-refractivity contribution in [1.82, 2.24) is 4.31 Å². The summed E-state index contributed by atoms with van der Waals surface area (Å²) >= 11 is 3.16. The van der Waals surface area contributed by atoms with Crippen LogP contribution in [0.4, 0.5) is 15.8 Å². The Balaban J connectivity index is 1.58. The van der Waals surface area contributed by atoms with E-state index in [1.165, 1.54) is 24.3 Å². The Labute approximate surface area is 178 Å². The predicted octanol–water partition coefficient (Wildman–Crippen LogP) is 4.20. The fourth-order valence-electron chi connectivity index (χ4n) is 3.14. The van der Waals surface area contributed by atoms with Crippen LogP contribution >= 0.6 is 15.9 Å². The van der Waals surface area contributed by atoms with Gasteiger partial charge in [0.25, 0.3) is 0 Å². The molecule has 0 unspecified atom stereocenters. The zero-order chi connectivity index (χ0) is 20.9. The summed E-state index contributed by atoms with van der Waals surface area (Å²) in [5, 5.41) is 5.40. The molecule has 0 spiro atoms. The molecule has 1 aliphatic rings. The van der Waals surface area contributed by atoms with E-state index >= 15 is 0 Å². The van der Waals surface area contributed by atoms with Crippen LogP contribution in [0.3, 0.4) is 0 Å². The van der Waals surface area contributed by atoms with E-state index in [0.717, 1.165) is 25.7 Å². The summed E-state index contributed by atoms with van der Waals surface area (Å²) in [5.74, 6) is -0.941. The van der Waals surface area contributed by atoms with Crippen molar-refractivity contribution in [2.24, 2.45) is 0 Å². The Kier molecular flexibility index (Phi) is 7.26. The van der Waals surface area contributed by atoms with Crippen molar-refractivity contribution in [2.75, 3.05) is 30.3 Å². The largest absolute Gasteiger partial charge is 0.376 e. The molecule has 2 aromatic carbocycles. The average molecular weight is 484 g/mol. The van der Waals surface area contributed by atoms with Crippen molar-refractivity contribution < 1.29 is 17.6 Å². The summed E-state index contributed by atoms with van der Waals surface area (Å²) in [4.78, 5) is 12.3. The first-order chi connectivity index (χ1) is 13.9. The molecule has 9 heteroatoms. The zero-order valence-corrected chi connectivity index (χ0v) is 18.2. The minimum atomic E-state index is -3.50. The second kappa shape index (κ2) is 9.69. The second-order valence-corrected chi connectivity index (χ2v) is 9.72. The topological polar surface area (TPSA) is 78.5 Å². The molecule has 3 rings (SSSR count). The Morgan fingerprint density at radius 2 is 1.69 bits per heavy atom. The number of carbonyl (C=O) groups excluding carboxylic acids is 1. The predicted molar refractivity (Wildman–Crippen MR) is 115 cm³/mol. The minimum Gasteiger partial charge on any atom is -0.376 e. The third-order valence-corrected chi connectivity index (χ3v) is 7.12. The van der Waals surface area contributed by atoms with Crippen LogP contribution in [0.25, 0.3) is 0 Å². The highest BCUT2D eigenvalue weighted by atomic mass is 79.9. The van der Waals surface area contributed by atoms with Crippen molar-refractivity contribution in [3.8, 4) is 0 Å². The molecular formula is C20H23BrFN3O3S. The van der Waals surface area contributed by atoms with Gasteiger partial charge < -0.3 is 10.6 Å². The van der Waals surface area contributed by atoms with Gasteiger partial charge in [-0.15, -0.1) is 0 Å². The standard InChI is InChI=1S/C20H23BrFN3O3S/c21-15-5-10-19(18(22)13-15)24-20(26)14-23-16-6-8-17(9-7-16)29(27,28)25-11-3-1-2-4-12-25/h5-10,13,23H,1-4,11-12,14H2,(H,24,26). The number of nitrogens with one attached hydrogen (secondary N) is 2. The van der Waals surface area contributed by atoms with Gasteiger partial charge in [0.1, 0.15) is 5.82 Å². The molecule has 1 aliphatic heterocycles. The van der Waals surface area contributed by atoms with Crippen LogP contribution in [-0.4, -0.2) is 38.3 Å². The molecule has 1 amide bonds. The molecule has 2 N–H and O–H groups in total. The molecule has 6 nitrogen and oxygen atoms in total. The van der Waals surface area contributed by atoms with Gasteiger partial charge in [-0.25, -0.2) is 12.8 Å². The third-order valence-electron chi connectivity index (χ3n) is 4.72. The maximum Gasteiger partial charge on any atom is 0.243 e. The van der Waals surface area contributed by atoms with Gasteiger partial charge in [-0.3, -0.25) is 4.79 Å². The molecule has 0 saturated carbocycles. The maximum absolute atomic E-state index is 13.8. The van der Waals surface area contributed by atoms with Crippen LogP contribution in [0, 0.1) is 5.82 Å². The number of benzene rings is 2. The molecule has 156 valence electrons. The van der Waals surface area contributed by atoms with Crippen LogP contribution in [0.2, 0.25) is 0 Å². The fraction of sp³-hybridized carbons (Fsp3) is 0.350. The van der Waals surface area contributed by atoms with Crippen molar-refractivity contribution in [3.05, 3.63) is 52.8 Å². The number of carbonyl (C=O) groups is 1. The zero-order valence-electron chi connectivity index (χ0n) is 15.8. The van der Waals surface area contributed by atoms with E-state index in [2.05, 4.69) is 26.6 Å². The smallest absolute Gasteiger partial charge is 0.243 e. The number of rotatable bonds is 6. The fourth-order valence-corrected chi connectivity index (χ4v) is 4.99. The van der Waals surface area contributed by atoms with Gasteiger partial charge in [0.15, 0.2) is 0 Å². The van der Waals surface area contributed by atoms with Crippen LogP contribution in [0.5, 0.6) is 0 Å². The van der Waals surface area contributed by atoms with Gasteiger partial charge in [-0.05, 0) is 55.3 Å². The monoisotopic (exact) mass is 483 g/mol. The van der Waals surface area contributed by atoms with Gasteiger partial charge in [0.2, 0.25) is 15.9 Å². The lowest BCUT2D eigenvalue weighted by Gasteiger charge is -2.20. The molecule has 0 bridgehead atoms. The van der Waals surface area contributed by atoms with Gasteiger partial charge in [-0.2, -0.15) is 4.31 Å². The van der Waals surface area contributed by atoms with E-state index in [-0.39, 0.29) is 17.1 Å². The lowest BCUT2D eigenvalue weighted by Crippen LogP contribution is -2.31. The highest BCUT2D eigenvalue weighted by Gasteiger charge is 2.24. The second-order valence-electron chi connectivity index (χ2n) is 6.87. The van der Waals surface area contributed by atoms with Crippen molar-refractivity contribution in [2.45, 2.75) is 30.6 Å². The summed E-state index contributed by atoms with van der Waals surface area (Å²) in [7, 11) is -3.50. The Bertz CT molecular complexity index is 959. The van der Waals surface area contributed by atoms with E-state index in [1.807, 2.05) is 0 Å². The molecule has 29 heavy (non-hydrogen) atoms. The highest BCUT2D eigenvalue weighted by Crippen LogP contribution is 2.22. The summed E-state index contributed by atoms with van der Waals surface area (Å²) in [6.45, 7) is 1.03. The van der Waals surface area contributed by atoms with Crippen molar-refractivity contribution in [3.63, 3.8) is 0 Å². The number of nitrogens with zero attached hydrogens (tertiary/aromatic N) is 1. The molecule has 1 fully saturated rings. The normalized spacial score (nSPS) is 15.5. The first-order valence-electron chi connectivity index (χ1n) is 9.45. The summed E-state index contributed by atoms with van der Waals surface area (Å²) < 4.78 is 41.5. The first-order valence-corrected chi connectivity index (χ1v) is 11.7. The molecule has 1 heterocycles. The van der Waals surface area contributed by atoms with Crippen LogP contribution < -0.4 is 10.6 Å². The number of anilines is 2. The molecule has 0 aromatic heterocycles. The molecule has 1 saturated heterocycles. The maximum atomic E-state index is 13.8. The van der Waals surface area contributed by atoms with Gasteiger partial charge in [-0.1, -0.05) is 28.8 Å². The highest BCUT2D eigenvalue weighted by molar-refractivity contribution is 9.10. The Morgan fingerprint density at radius 3 is 2.31 bits per heavy atom. The van der Waals surface area contributed by atoms with E-state index in [9.17, 15) is 17.6 Å². The van der Waals surface area contributed by atoms with Gasteiger partial charge in [0, 0.05) is 23.2 Å². The third kappa shape index (κ3) is 5.77. The molecular weight excluding hydrogens is 461 g/mol. The average Bonchev–Trinajstić information content (AvgIpc) is 2.99. The summed E-state index contributed by atoms with van der Waals surface area (Å²) in [6, 6.07) is 10.7. The van der Waals surface area contributed by atoms with Crippen molar-refractivity contribution in [1.29, 1.82) is 0 Å².